The second-order valence-electron chi connectivity index (χ2n) is 8.74. The Bertz CT molecular complexity index is 1380. The number of anilines is 1. The Morgan fingerprint density at radius 3 is 2.50 bits per heavy atom. The van der Waals surface area contributed by atoms with Crippen LogP contribution >= 0.6 is 0 Å². The first-order chi connectivity index (χ1) is 17.2. The van der Waals surface area contributed by atoms with Crippen molar-refractivity contribution in [3.05, 3.63) is 60.8 Å². The van der Waals surface area contributed by atoms with Gasteiger partial charge in [-0.2, -0.15) is 0 Å². The summed E-state index contributed by atoms with van der Waals surface area (Å²) < 4.78 is 24.1. The molecule has 10 nitrogen and oxygen atoms in total. The van der Waals surface area contributed by atoms with Crippen molar-refractivity contribution >= 4 is 22.7 Å². The molecule has 1 amide bonds. The number of aromatic nitrogens is 4. The van der Waals surface area contributed by atoms with Gasteiger partial charge in [-0.05, 0) is 39.0 Å². The number of carbonyl (C=O) groups excluding carboxylic acids is 1. The first-order valence-electron chi connectivity index (χ1n) is 11.2. The number of alkyl carbamates (subject to hydrolysis) is 1. The normalized spacial score (nSPS) is 12.2. The number of hydrogen-bond donors (Lipinski definition) is 2. The largest absolute Gasteiger partial charge is 0.444 e. The molecule has 0 saturated heterocycles. The highest BCUT2D eigenvalue weighted by Crippen LogP contribution is 2.30. The van der Waals surface area contributed by atoms with Crippen LogP contribution in [0.5, 0.6) is 0 Å². The van der Waals surface area contributed by atoms with Crippen LogP contribution in [0.25, 0.3) is 34.3 Å². The molecule has 0 unspecified atom stereocenters. The number of rotatable bonds is 7. The molecule has 0 radical (unpaired) electrons. The number of nitrogens with two attached hydrogens (primary N) is 1. The smallest absolute Gasteiger partial charge is 0.407 e. The maximum absolute atomic E-state index is 13.1. The van der Waals surface area contributed by atoms with Gasteiger partial charge >= 0.3 is 6.09 Å². The van der Waals surface area contributed by atoms with Gasteiger partial charge < -0.3 is 20.2 Å². The average Bonchev–Trinajstić information content (AvgIpc) is 3.34. The van der Waals surface area contributed by atoms with Gasteiger partial charge in [0.15, 0.2) is 11.5 Å². The monoisotopic (exact) mass is 506 g/mol. The molecule has 2 aromatic carbocycles. The highest BCUT2D eigenvalue weighted by Gasteiger charge is 2.20. The van der Waals surface area contributed by atoms with Crippen LogP contribution < -0.4 is 11.1 Å². The van der Waals surface area contributed by atoms with Crippen molar-refractivity contribution in [2.75, 3.05) is 18.0 Å². The van der Waals surface area contributed by atoms with Crippen molar-refractivity contribution < 1.29 is 18.2 Å². The Labute approximate surface area is 210 Å². The van der Waals surface area contributed by atoms with Crippen LogP contribution in [0.4, 0.5) is 10.6 Å². The first kappa shape index (κ1) is 25.0. The lowest BCUT2D eigenvalue weighted by atomic mass is 10.1. The highest BCUT2D eigenvalue weighted by molar-refractivity contribution is 7.85. The molecule has 11 heteroatoms. The Morgan fingerprint density at radius 1 is 1.06 bits per heavy atom. The summed E-state index contributed by atoms with van der Waals surface area (Å²) in [6.07, 6.45) is 0.943. The van der Waals surface area contributed by atoms with E-state index in [-0.39, 0.29) is 29.7 Å². The van der Waals surface area contributed by atoms with Crippen LogP contribution in [0.2, 0.25) is 0 Å². The third kappa shape index (κ3) is 6.11. The lowest BCUT2D eigenvalue weighted by Gasteiger charge is -2.19. The standard InChI is InChI=1S/C25H26N6O4S/c1-25(2,3)35-24(32)27-13-14-36(33)19-12-8-7-11-17(19)18-15-28-21(26)20(29-18)23-31-30-22(34-23)16-9-5-4-6-10-16/h4-12,15H,13-14H2,1-3H3,(H2,26,28)(H,27,32)/t36-/m0/s1. The van der Waals surface area contributed by atoms with Crippen molar-refractivity contribution in [2.45, 2.75) is 31.3 Å². The fraction of sp³-hybridized carbons (Fsp3) is 0.240. The van der Waals surface area contributed by atoms with E-state index in [0.717, 1.165) is 5.56 Å². The molecule has 4 aromatic rings. The molecule has 2 aromatic heterocycles. The predicted molar refractivity (Wildman–Crippen MR) is 136 cm³/mol. The third-order valence-corrected chi connectivity index (χ3v) is 6.23. The van der Waals surface area contributed by atoms with E-state index in [1.165, 1.54) is 6.20 Å². The molecule has 0 aliphatic heterocycles. The summed E-state index contributed by atoms with van der Waals surface area (Å²) in [5.74, 6) is 0.773. The fourth-order valence-electron chi connectivity index (χ4n) is 3.25. The Morgan fingerprint density at radius 2 is 1.75 bits per heavy atom. The van der Waals surface area contributed by atoms with E-state index in [2.05, 4.69) is 25.5 Å². The number of carbonyl (C=O) groups is 1. The van der Waals surface area contributed by atoms with Crippen molar-refractivity contribution in [1.82, 2.24) is 25.5 Å². The molecule has 1 atom stereocenters. The maximum Gasteiger partial charge on any atom is 0.407 e. The van der Waals surface area contributed by atoms with Crippen LogP contribution in [-0.2, 0) is 15.5 Å². The van der Waals surface area contributed by atoms with E-state index in [0.29, 0.717) is 22.0 Å². The third-order valence-electron chi connectivity index (χ3n) is 4.81. The maximum atomic E-state index is 13.1. The molecular formula is C25H26N6O4S. The van der Waals surface area contributed by atoms with Gasteiger partial charge in [0.25, 0.3) is 5.89 Å². The summed E-state index contributed by atoms with van der Waals surface area (Å²) in [6, 6.07) is 16.5. The number of ether oxygens (including phenoxy) is 1. The summed E-state index contributed by atoms with van der Waals surface area (Å²) in [5, 5.41) is 10.8. The van der Waals surface area contributed by atoms with Crippen molar-refractivity contribution in [3.8, 4) is 34.3 Å². The molecule has 0 fully saturated rings. The molecule has 0 saturated carbocycles. The van der Waals surface area contributed by atoms with Gasteiger partial charge in [0.1, 0.15) is 5.60 Å². The zero-order chi connectivity index (χ0) is 25.7. The quantitative estimate of drug-likeness (QED) is 0.378. The first-order valence-corrected chi connectivity index (χ1v) is 12.5. The van der Waals surface area contributed by atoms with E-state index in [1.807, 2.05) is 36.4 Å². The van der Waals surface area contributed by atoms with Crippen LogP contribution in [0.15, 0.2) is 70.1 Å². The summed E-state index contributed by atoms with van der Waals surface area (Å²) in [4.78, 5) is 21.3. The fourth-order valence-corrected chi connectivity index (χ4v) is 4.40. The zero-order valence-electron chi connectivity index (χ0n) is 20.1. The highest BCUT2D eigenvalue weighted by atomic mass is 32.2. The van der Waals surface area contributed by atoms with Crippen molar-refractivity contribution in [1.29, 1.82) is 0 Å². The number of nitrogens with zero attached hydrogens (tertiary/aromatic N) is 4. The molecule has 0 aliphatic carbocycles. The number of hydrogen-bond acceptors (Lipinski definition) is 9. The van der Waals surface area contributed by atoms with Crippen molar-refractivity contribution in [2.24, 2.45) is 0 Å². The van der Waals surface area contributed by atoms with Gasteiger partial charge in [-0.1, -0.05) is 36.4 Å². The molecule has 36 heavy (non-hydrogen) atoms. The number of amides is 1. The molecule has 186 valence electrons. The molecule has 4 rings (SSSR count). The second kappa shape index (κ2) is 10.6. The number of benzene rings is 2. The summed E-state index contributed by atoms with van der Waals surface area (Å²) in [7, 11) is -1.43. The van der Waals surface area contributed by atoms with E-state index in [9.17, 15) is 9.00 Å². The molecule has 0 spiro atoms. The van der Waals surface area contributed by atoms with E-state index in [1.54, 1.807) is 39.0 Å². The minimum Gasteiger partial charge on any atom is -0.444 e. The molecule has 3 N–H and O–H groups in total. The van der Waals surface area contributed by atoms with Crippen LogP contribution in [0.1, 0.15) is 20.8 Å². The molecule has 0 aliphatic rings. The Kier molecular flexibility index (Phi) is 7.39. The van der Waals surface area contributed by atoms with Gasteiger partial charge in [-0.25, -0.2) is 14.8 Å². The lowest BCUT2D eigenvalue weighted by Crippen LogP contribution is -2.34. The van der Waals surface area contributed by atoms with Crippen molar-refractivity contribution in [3.63, 3.8) is 0 Å². The van der Waals surface area contributed by atoms with E-state index < -0.39 is 22.5 Å². The van der Waals surface area contributed by atoms with Gasteiger partial charge in [-0.3, -0.25) is 4.21 Å². The molecular weight excluding hydrogens is 480 g/mol. The molecule has 0 bridgehead atoms. The summed E-state index contributed by atoms with van der Waals surface area (Å²) in [6.45, 7) is 5.51. The average molecular weight is 507 g/mol. The Hall–Kier alpha value is -4.12. The van der Waals surface area contributed by atoms with Crippen LogP contribution in [-0.4, -0.2) is 48.4 Å². The minimum absolute atomic E-state index is 0.126. The van der Waals surface area contributed by atoms with Crippen LogP contribution in [0, 0.1) is 0 Å². The second-order valence-corrected chi connectivity index (χ2v) is 10.3. The predicted octanol–water partition coefficient (Wildman–Crippen LogP) is 4.08. The lowest BCUT2D eigenvalue weighted by molar-refractivity contribution is 0.0531. The number of nitrogen functional groups attached to an aromatic ring is 1. The van der Waals surface area contributed by atoms with Gasteiger partial charge in [0, 0.05) is 28.3 Å². The van der Waals surface area contributed by atoms with Gasteiger partial charge in [0.2, 0.25) is 5.89 Å². The topological polar surface area (TPSA) is 146 Å². The zero-order valence-corrected chi connectivity index (χ0v) is 20.9. The SMILES string of the molecule is CC(C)(C)OC(=O)NCC[S@](=O)c1ccccc1-c1cnc(N)c(-c2nnc(-c3ccccc3)o2)n1. The van der Waals surface area contributed by atoms with Gasteiger partial charge in [0.05, 0.1) is 22.7 Å². The van der Waals surface area contributed by atoms with Crippen LogP contribution in [0.3, 0.4) is 0 Å². The van der Waals surface area contributed by atoms with E-state index in [4.69, 9.17) is 14.9 Å². The Balaban J connectivity index is 1.55. The summed E-state index contributed by atoms with van der Waals surface area (Å²) in [5.41, 5.74) is 7.52. The summed E-state index contributed by atoms with van der Waals surface area (Å²) >= 11 is 0. The molecule has 2 heterocycles. The van der Waals surface area contributed by atoms with Gasteiger partial charge in [-0.15, -0.1) is 10.2 Å². The minimum atomic E-state index is -1.43. The number of nitrogens with one attached hydrogen (secondary N) is 1. The van der Waals surface area contributed by atoms with E-state index >= 15 is 0 Å².